The van der Waals surface area contributed by atoms with E-state index in [-0.39, 0.29) is 30.8 Å². The summed E-state index contributed by atoms with van der Waals surface area (Å²) < 4.78 is 10.0. The lowest BCUT2D eigenvalue weighted by molar-refractivity contribution is -0.149. The highest BCUT2D eigenvalue weighted by atomic mass is 32.2. The standard InChI is InChI=1S/C18H24N2O6S/c1-25-18(24)19-13-9-27-10-14(13)26-15(21)7-4-8-20-16(22)11-5-2-3-6-12(11)17(20)23/h13-14H,2-10H2,1H3,(H,19,24). The second-order valence-corrected chi connectivity index (χ2v) is 7.91. The molecule has 1 fully saturated rings. The normalized spacial score (nSPS) is 24.9. The van der Waals surface area contributed by atoms with Crippen LogP contribution >= 0.6 is 11.8 Å². The smallest absolute Gasteiger partial charge is 0.407 e. The Hall–Kier alpha value is -2.03. The zero-order valence-corrected chi connectivity index (χ0v) is 16.1. The van der Waals surface area contributed by atoms with Gasteiger partial charge in [0, 0.05) is 35.6 Å². The molecule has 2 atom stereocenters. The van der Waals surface area contributed by atoms with E-state index in [1.807, 2.05) is 0 Å². The molecule has 0 aromatic rings. The fraction of sp³-hybridized carbons (Fsp3) is 0.667. The monoisotopic (exact) mass is 396 g/mol. The number of amides is 3. The molecule has 3 rings (SSSR count). The minimum absolute atomic E-state index is 0.119. The molecule has 0 saturated carbocycles. The Morgan fingerprint density at radius 2 is 1.81 bits per heavy atom. The van der Waals surface area contributed by atoms with Crippen molar-refractivity contribution in [3.8, 4) is 0 Å². The van der Waals surface area contributed by atoms with Crippen molar-refractivity contribution >= 4 is 35.6 Å². The Morgan fingerprint density at radius 3 is 2.44 bits per heavy atom. The fourth-order valence-corrected chi connectivity index (χ4v) is 4.82. The molecule has 9 heteroatoms. The van der Waals surface area contributed by atoms with Crippen molar-refractivity contribution in [1.82, 2.24) is 10.2 Å². The molecular weight excluding hydrogens is 372 g/mol. The summed E-state index contributed by atoms with van der Waals surface area (Å²) in [4.78, 5) is 49.4. The number of hydrogen-bond donors (Lipinski definition) is 1. The first-order valence-corrected chi connectivity index (χ1v) is 10.4. The number of nitrogens with one attached hydrogen (secondary N) is 1. The molecule has 3 aliphatic rings. The van der Waals surface area contributed by atoms with Crippen LogP contribution in [-0.2, 0) is 23.9 Å². The van der Waals surface area contributed by atoms with Gasteiger partial charge in [-0.2, -0.15) is 11.8 Å². The lowest BCUT2D eigenvalue weighted by Crippen LogP contribution is -2.44. The van der Waals surface area contributed by atoms with Crippen molar-refractivity contribution < 1.29 is 28.7 Å². The summed E-state index contributed by atoms with van der Waals surface area (Å²) in [6.07, 6.45) is 2.77. The number of rotatable bonds is 6. The van der Waals surface area contributed by atoms with Gasteiger partial charge in [0.2, 0.25) is 0 Å². The number of alkyl carbamates (subject to hydrolysis) is 1. The molecular formula is C18H24N2O6S. The molecule has 27 heavy (non-hydrogen) atoms. The number of methoxy groups -OCH3 is 1. The highest BCUT2D eigenvalue weighted by molar-refractivity contribution is 7.99. The molecule has 3 amide bonds. The average Bonchev–Trinajstić information content (AvgIpc) is 3.19. The summed E-state index contributed by atoms with van der Waals surface area (Å²) in [6.45, 7) is 0.225. The van der Waals surface area contributed by atoms with E-state index in [0.29, 0.717) is 41.9 Å². The second kappa shape index (κ2) is 8.77. The minimum Gasteiger partial charge on any atom is -0.459 e. The Kier molecular flexibility index (Phi) is 6.41. The largest absolute Gasteiger partial charge is 0.459 e. The van der Waals surface area contributed by atoms with E-state index >= 15 is 0 Å². The van der Waals surface area contributed by atoms with Crippen LogP contribution in [0, 0.1) is 0 Å². The minimum atomic E-state index is -0.550. The zero-order valence-electron chi connectivity index (χ0n) is 15.3. The highest BCUT2D eigenvalue weighted by Gasteiger charge is 2.38. The van der Waals surface area contributed by atoms with Gasteiger partial charge in [-0.3, -0.25) is 19.3 Å². The van der Waals surface area contributed by atoms with Gasteiger partial charge in [-0.15, -0.1) is 0 Å². The summed E-state index contributed by atoms with van der Waals surface area (Å²) in [5.41, 5.74) is 1.32. The maximum atomic E-state index is 12.4. The van der Waals surface area contributed by atoms with Crippen molar-refractivity contribution in [2.45, 2.75) is 50.7 Å². The van der Waals surface area contributed by atoms with E-state index < -0.39 is 18.2 Å². The Labute approximate surface area is 162 Å². The number of hydrogen-bond acceptors (Lipinski definition) is 7. The van der Waals surface area contributed by atoms with E-state index in [1.54, 1.807) is 11.8 Å². The van der Waals surface area contributed by atoms with Gasteiger partial charge in [-0.25, -0.2) is 4.79 Å². The van der Waals surface area contributed by atoms with Gasteiger partial charge in [-0.1, -0.05) is 0 Å². The summed E-state index contributed by atoms with van der Waals surface area (Å²) in [5.74, 6) is 0.479. The van der Waals surface area contributed by atoms with Crippen LogP contribution in [0.1, 0.15) is 38.5 Å². The SMILES string of the molecule is COC(=O)NC1CSCC1OC(=O)CCCN1C(=O)C2=C(CCCC2)C1=O. The molecule has 1 saturated heterocycles. The third-order valence-corrected chi connectivity index (χ3v) is 6.20. The van der Waals surface area contributed by atoms with E-state index in [1.165, 1.54) is 12.0 Å². The third-order valence-electron chi connectivity index (χ3n) is 5.04. The fourth-order valence-electron chi connectivity index (χ4n) is 3.60. The van der Waals surface area contributed by atoms with Crippen molar-refractivity contribution in [3.05, 3.63) is 11.1 Å². The summed E-state index contributed by atoms with van der Waals surface area (Å²) in [5, 5.41) is 2.66. The summed E-state index contributed by atoms with van der Waals surface area (Å²) in [7, 11) is 1.28. The van der Waals surface area contributed by atoms with Gasteiger partial charge in [0.25, 0.3) is 11.8 Å². The van der Waals surface area contributed by atoms with E-state index in [4.69, 9.17) is 4.74 Å². The molecule has 0 bridgehead atoms. The Morgan fingerprint density at radius 1 is 1.15 bits per heavy atom. The summed E-state index contributed by atoms with van der Waals surface area (Å²) >= 11 is 1.59. The van der Waals surface area contributed by atoms with Crippen molar-refractivity contribution in [1.29, 1.82) is 0 Å². The second-order valence-electron chi connectivity index (χ2n) is 6.84. The first-order chi connectivity index (χ1) is 13.0. The number of imide groups is 1. The Bertz CT molecular complexity index is 649. The summed E-state index contributed by atoms with van der Waals surface area (Å²) in [6, 6.07) is -0.274. The maximum absolute atomic E-state index is 12.4. The number of carbonyl (C=O) groups excluding carboxylic acids is 4. The van der Waals surface area contributed by atoms with Gasteiger partial charge in [0.15, 0.2) is 0 Å². The molecule has 1 N–H and O–H groups in total. The number of nitrogens with zero attached hydrogens (tertiary/aromatic N) is 1. The first-order valence-electron chi connectivity index (χ1n) is 9.21. The predicted molar refractivity (Wildman–Crippen MR) is 98.0 cm³/mol. The molecule has 2 aliphatic heterocycles. The van der Waals surface area contributed by atoms with Crippen LogP contribution in [-0.4, -0.2) is 66.1 Å². The zero-order chi connectivity index (χ0) is 19.4. The van der Waals surface area contributed by atoms with Crippen LogP contribution in [0.4, 0.5) is 4.79 Å². The number of esters is 1. The molecule has 1 aliphatic carbocycles. The molecule has 0 spiro atoms. The van der Waals surface area contributed by atoms with Crippen LogP contribution < -0.4 is 5.32 Å². The third kappa shape index (κ3) is 4.45. The lowest BCUT2D eigenvalue weighted by Gasteiger charge is -2.20. The van der Waals surface area contributed by atoms with Crippen LogP contribution in [0.2, 0.25) is 0 Å². The van der Waals surface area contributed by atoms with Gasteiger partial charge in [-0.05, 0) is 32.1 Å². The molecule has 0 aromatic carbocycles. The molecule has 8 nitrogen and oxygen atoms in total. The van der Waals surface area contributed by atoms with E-state index in [9.17, 15) is 19.2 Å². The van der Waals surface area contributed by atoms with E-state index in [2.05, 4.69) is 10.1 Å². The molecule has 0 radical (unpaired) electrons. The van der Waals surface area contributed by atoms with Gasteiger partial charge >= 0.3 is 12.1 Å². The van der Waals surface area contributed by atoms with Crippen LogP contribution in [0.15, 0.2) is 11.1 Å². The topological polar surface area (TPSA) is 102 Å². The molecule has 2 heterocycles. The number of thioether (sulfide) groups is 1. The van der Waals surface area contributed by atoms with Crippen molar-refractivity contribution in [2.24, 2.45) is 0 Å². The lowest BCUT2D eigenvalue weighted by atomic mass is 9.93. The number of ether oxygens (including phenoxy) is 2. The van der Waals surface area contributed by atoms with Gasteiger partial charge < -0.3 is 14.8 Å². The van der Waals surface area contributed by atoms with Crippen molar-refractivity contribution in [2.75, 3.05) is 25.2 Å². The average molecular weight is 396 g/mol. The van der Waals surface area contributed by atoms with Gasteiger partial charge in [0.1, 0.15) is 6.10 Å². The predicted octanol–water partition coefficient (Wildman–Crippen LogP) is 1.39. The first kappa shape index (κ1) is 19.7. The molecule has 148 valence electrons. The molecule has 0 aromatic heterocycles. The Balaban J connectivity index is 1.43. The van der Waals surface area contributed by atoms with Crippen LogP contribution in [0.25, 0.3) is 0 Å². The van der Waals surface area contributed by atoms with E-state index in [0.717, 1.165) is 12.8 Å². The van der Waals surface area contributed by atoms with Gasteiger partial charge in [0.05, 0.1) is 13.2 Å². The van der Waals surface area contributed by atoms with Crippen LogP contribution in [0.3, 0.4) is 0 Å². The van der Waals surface area contributed by atoms with Crippen molar-refractivity contribution in [3.63, 3.8) is 0 Å². The number of carbonyl (C=O) groups is 4. The molecule has 2 unspecified atom stereocenters. The maximum Gasteiger partial charge on any atom is 0.407 e. The quantitative estimate of drug-likeness (QED) is 0.535. The van der Waals surface area contributed by atoms with Crippen LogP contribution in [0.5, 0.6) is 0 Å². The highest BCUT2D eigenvalue weighted by Crippen LogP contribution is 2.33.